The van der Waals surface area contributed by atoms with Crippen LogP contribution in [0.1, 0.15) is 10.4 Å². The molecule has 0 aliphatic heterocycles. The lowest BCUT2D eigenvalue weighted by atomic mass is 10.2. The van der Waals surface area contributed by atoms with Crippen LogP contribution in [0.5, 0.6) is 5.88 Å². The van der Waals surface area contributed by atoms with Crippen molar-refractivity contribution in [2.45, 2.75) is 0 Å². The molecule has 0 atom stereocenters. The number of rotatable bonds is 3. The number of hydrogen-bond donors (Lipinski definition) is 0. The van der Waals surface area contributed by atoms with E-state index in [2.05, 4.69) is 4.98 Å². The molecule has 3 nitrogen and oxygen atoms in total. The Bertz CT molecular complexity index is 288. The van der Waals surface area contributed by atoms with Crippen molar-refractivity contribution in [1.82, 2.24) is 4.98 Å². The summed E-state index contributed by atoms with van der Waals surface area (Å²) in [5.41, 5.74) is 0.426. The molecule has 0 aromatic carbocycles. The van der Waals surface area contributed by atoms with Gasteiger partial charge in [0.15, 0.2) is 5.78 Å². The van der Waals surface area contributed by atoms with E-state index in [9.17, 15) is 4.79 Å². The van der Waals surface area contributed by atoms with Gasteiger partial charge in [0, 0.05) is 6.20 Å². The van der Waals surface area contributed by atoms with Gasteiger partial charge in [-0.15, -0.1) is 11.6 Å². The van der Waals surface area contributed by atoms with Crippen molar-refractivity contribution in [1.29, 1.82) is 0 Å². The molecule has 0 amide bonds. The number of hydrogen-bond acceptors (Lipinski definition) is 3. The highest BCUT2D eigenvalue weighted by Gasteiger charge is 2.10. The van der Waals surface area contributed by atoms with Gasteiger partial charge < -0.3 is 4.74 Å². The summed E-state index contributed by atoms with van der Waals surface area (Å²) >= 11 is 5.38. The van der Waals surface area contributed by atoms with Crippen LogP contribution in [0, 0.1) is 0 Å². The van der Waals surface area contributed by atoms with E-state index in [0.29, 0.717) is 11.4 Å². The van der Waals surface area contributed by atoms with Crippen LogP contribution in [-0.4, -0.2) is 23.8 Å². The lowest BCUT2D eigenvalue weighted by Crippen LogP contribution is -2.04. The Balaban J connectivity index is 3.04. The minimum absolute atomic E-state index is 0.0535. The van der Waals surface area contributed by atoms with E-state index >= 15 is 0 Å². The van der Waals surface area contributed by atoms with Gasteiger partial charge in [-0.3, -0.25) is 4.79 Å². The molecule has 1 aromatic heterocycles. The lowest BCUT2D eigenvalue weighted by Gasteiger charge is -2.02. The smallest absolute Gasteiger partial charge is 0.224 e. The van der Waals surface area contributed by atoms with Crippen LogP contribution in [-0.2, 0) is 0 Å². The molecular weight excluding hydrogens is 178 g/mol. The Morgan fingerprint density at radius 3 is 3.08 bits per heavy atom. The fraction of sp³-hybridized carbons (Fsp3) is 0.250. The van der Waals surface area contributed by atoms with Crippen LogP contribution < -0.4 is 4.74 Å². The summed E-state index contributed by atoms with van der Waals surface area (Å²) in [6.07, 6.45) is 1.56. The fourth-order valence-electron chi connectivity index (χ4n) is 0.838. The van der Waals surface area contributed by atoms with Crippen LogP contribution in [0.25, 0.3) is 0 Å². The van der Waals surface area contributed by atoms with Crippen molar-refractivity contribution in [2.24, 2.45) is 0 Å². The number of aromatic nitrogens is 1. The van der Waals surface area contributed by atoms with Crippen molar-refractivity contribution in [3.63, 3.8) is 0 Å². The Morgan fingerprint density at radius 1 is 1.75 bits per heavy atom. The highest BCUT2D eigenvalue weighted by molar-refractivity contribution is 6.30. The number of ether oxygens (including phenoxy) is 1. The van der Waals surface area contributed by atoms with E-state index in [4.69, 9.17) is 16.3 Å². The molecule has 0 N–H and O–H groups in total. The molecule has 4 heteroatoms. The SMILES string of the molecule is COc1ncccc1C(=O)CCl. The summed E-state index contributed by atoms with van der Waals surface area (Å²) in [7, 11) is 1.47. The summed E-state index contributed by atoms with van der Waals surface area (Å²) in [6, 6.07) is 3.30. The second-order valence-electron chi connectivity index (χ2n) is 2.12. The fourth-order valence-corrected chi connectivity index (χ4v) is 0.982. The van der Waals surface area contributed by atoms with Crippen molar-refractivity contribution in [2.75, 3.05) is 13.0 Å². The number of Topliss-reactive ketones (excluding diaryl/α,β-unsaturated/α-hetero) is 1. The molecule has 0 bridgehead atoms. The molecule has 0 aliphatic carbocycles. The zero-order valence-electron chi connectivity index (χ0n) is 6.58. The molecule has 0 unspecified atom stereocenters. The number of ketones is 1. The molecule has 0 spiro atoms. The number of carbonyl (C=O) groups is 1. The van der Waals surface area contributed by atoms with Gasteiger partial charge in [-0.05, 0) is 12.1 Å². The minimum Gasteiger partial charge on any atom is -0.480 e. The first-order valence-corrected chi connectivity index (χ1v) is 3.91. The van der Waals surface area contributed by atoms with Gasteiger partial charge in [0.05, 0.1) is 18.6 Å². The van der Waals surface area contributed by atoms with Gasteiger partial charge in [-0.25, -0.2) is 4.98 Å². The summed E-state index contributed by atoms with van der Waals surface area (Å²) in [4.78, 5) is 15.0. The number of pyridine rings is 1. The Kier molecular flexibility index (Phi) is 3.05. The molecule has 1 aromatic rings. The molecule has 0 radical (unpaired) electrons. The maximum Gasteiger partial charge on any atom is 0.224 e. The summed E-state index contributed by atoms with van der Waals surface area (Å²) in [5.74, 6) is 0.0898. The molecule has 0 saturated heterocycles. The summed E-state index contributed by atoms with van der Waals surface area (Å²) in [5, 5.41) is 0. The van der Waals surface area contributed by atoms with Gasteiger partial charge >= 0.3 is 0 Å². The van der Waals surface area contributed by atoms with E-state index in [1.165, 1.54) is 7.11 Å². The maximum atomic E-state index is 11.1. The standard InChI is InChI=1S/C8H8ClNO2/c1-12-8-6(7(11)5-9)3-2-4-10-8/h2-4H,5H2,1H3. The molecule has 0 saturated carbocycles. The van der Waals surface area contributed by atoms with Crippen LogP contribution in [0.4, 0.5) is 0 Å². The predicted octanol–water partition coefficient (Wildman–Crippen LogP) is 1.51. The monoisotopic (exact) mass is 185 g/mol. The van der Waals surface area contributed by atoms with Crippen LogP contribution in [0.2, 0.25) is 0 Å². The van der Waals surface area contributed by atoms with Crippen molar-refractivity contribution >= 4 is 17.4 Å². The van der Waals surface area contributed by atoms with E-state index < -0.39 is 0 Å². The van der Waals surface area contributed by atoms with E-state index in [1.807, 2.05) is 0 Å². The van der Waals surface area contributed by atoms with Crippen LogP contribution in [0.3, 0.4) is 0 Å². The highest BCUT2D eigenvalue weighted by atomic mass is 35.5. The van der Waals surface area contributed by atoms with Gasteiger partial charge in [0.25, 0.3) is 0 Å². The molecule has 64 valence electrons. The van der Waals surface area contributed by atoms with Crippen molar-refractivity contribution in [3.8, 4) is 5.88 Å². The van der Waals surface area contributed by atoms with E-state index in [0.717, 1.165) is 0 Å². The van der Waals surface area contributed by atoms with Crippen LogP contribution >= 0.6 is 11.6 Å². The number of alkyl halides is 1. The van der Waals surface area contributed by atoms with E-state index in [1.54, 1.807) is 18.3 Å². The quantitative estimate of drug-likeness (QED) is 0.529. The normalized spacial score (nSPS) is 9.50. The van der Waals surface area contributed by atoms with E-state index in [-0.39, 0.29) is 11.7 Å². The van der Waals surface area contributed by atoms with Crippen molar-refractivity contribution in [3.05, 3.63) is 23.9 Å². The maximum absolute atomic E-state index is 11.1. The molecule has 0 aliphatic rings. The Morgan fingerprint density at radius 2 is 2.50 bits per heavy atom. The zero-order chi connectivity index (χ0) is 8.97. The molecule has 1 rings (SSSR count). The van der Waals surface area contributed by atoms with Gasteiger partial charge in [-0.2, -0.15) is 0 Å². The predicted molar refractivity (Wildman–Crippen MR) is 45.8 cm³/mol. The Labute approximate surface area is 75.3 Å². The first kappa shape index (κ1) is 9.00. The Hall–Kier alpha value is -1.09. The first-order chi connectivity index (χ1) is 5.79. The van der Waals surface area contributed by atoms with Gasteiger partial charge in [-0.1, -0.05) is 0 Å². The largest absolute Gasteiger partial charge is 0.480 e. The first-order valence-electron chi connectivity index (χ1n) is 3.37. The van der Waals surface area contributed by atoms with Gasteiger partial charge in [0.1, 0.15) is 0 Å². The second-order valence-corrected chi connectivity index (χ2v) is 2.38. The second kappa shape index (κ2) is 4.07. The average molecular weight is 186 g/mol. The summed E-state index contributed by atoms with van der Waals surface area (Å²) in [6.45, 7) is 0. The zero-order valence-corrected chi connectivity index (χ0v) is 7.34. The molecule has 0 fully saturated rings. The molecule has 12 heavy (non-hydrogen) atoms. The lowest BCUT2D eigenvalue weighted by molar-refractivity contribution is 0.101. The molecular formula is C8H8ClNO2. The number of methoxy groups -OCH3 is 1. The third-order valence-corrected chi connectivity index (χ3v) is 1.63. The number of halogens is 1. The van der Waals surface area contributed by atoms with Crippen molar-refractivity contribution < 1.29 is 9.53 Å². The third-order valence-electron chi connectivity index (χ3n) is 1.39. The van der Waals surface area contributed by atoms with Crippen LogP contribution in [0.15, 0.2) is 18.3 Å². The number of carbonyl (C=O) groups excluding carboxylic acids is 1. The molecule has 1 heterocycles. The van der Waals surface area contributed by atoms with Gasteiger partial charge in [0.2, 0.25) is 5.88 Å². The highest BCUT2D eigenvalue weighted by Crippen LogP contribution is 2.14. The number of nitrogens with zero attached hydrogens (tertiary/aromatic N) is 1. The average Bonchev–Trinajstić information content (AvgIpc) is 2.16. The minimum atomic E-state index is -0.179. The topological polar surface area (TPSA) is 39.2 Å². The third kappa shape index (κ3) is 1.74. The summed E-state index contributed by atoms with van der Waals surface area (Å²) < 4.78 is 4.88.